The van der Waals surface area contributed by atoms with Gasteiger partial charge in [0.2, 0.25) is 0 Å². The van der Waals surface area contributed by atoms with E-state index in [1.165, 1.54) is 6.07 Å². The van der Waals surface area contributed by atoms with E-state index in [4.69, 9.17) is 4.74 Å². The van der Waals surface area contributed by atoms with E-state index in [0.29, 0.717) is 18.5 Å². The van der Waals surface area contributed by atoms with Crippen LogP contribution in [-0.4, -0.2) is 23.2 Å². The first-order valence-corrected chi connectivity index (χ1v) is 7.24. The van der Waals surface area contributed by atoms with E-state index in [-0.39, 0.29) is 5.82 Å². The number of carbonyl (C=O) groups is 1. The molecule has 2 aromatic rings. The molecule has 0 aliphatic carbocycles. The Bertz CT molecular complexity index is 644. The van der Waals surface area contributed by atoms with Crippen LogP contribution >= 0.6 is 0 Å². The molecule has 2 N–H and O–H groups in total. The van der Waals surface area contributed by atoms with Crippen LogP contribution in [0.3, 0.4) is 0 Å². The second kappa shape index (κ2) is 6.64. The second-order valence-electron chi connectivity index (χ2n) is 6.08. The van der Waals surface area contributed by atoms with Gasteiger partial charge in [-0.3, -0.25) is 0 Å². The minimum atomic E-state index is -0.504. The number of ether oxygens (including phenoxy) is 1. The minimum Gasteiger partial charge on any atom is -0.444 e. The highest BCUT2D eigenvalue weighted by molar-refractivity contribution is 5.67. The number of carbonyl (C=O) groups excluding carboxylic acids is 1. The van der Waals surface area contributed by atoms with Crippen LogP contribution in [-0.2, 0) is 11.2 Å². The summed E-state index contributed by atoms with van der Waals surface area (Å²) in [5, 5.41) is 2.70. The first kappa shape index (κ1) is 16.1. The van der Waals surface area contributed by atoms with Crippen molar-refractivity contribution in [3.63, 3.8) is 0 Å². The summed E-state index contributed by atoms with van der Waals surface area (Å²) in [6, 6.07) is 8.50. The van der Waals surface area contributed by atoms with Gasteiger partial charge in [-0.2, -0.15) is 0 Å². The van der Waals surface area contributed by atoms with Crippen molar-refractivity contribution in [3.05, 3.63) is 47.9 Å². The summed E-state index contributed by atoms with van der Waals surface area (Å²) in [6.07, 6.45) is 2.03. The third kappa shape index (κ3) is 4.62. The predicted octanol–water partition coefficient (Wildman–Crippen LogP) is 3.89. The lowest BCUT2D eigenvalue weighted by molar-refractivity contribution is 0.0528. The number of alkyl carbamates (subject to hydrolysis) is 1. The van der Waals surface area contributed by atoms with Crippen molar-refractivity contribution in [3.8, 4) is 11.3 Å². The minimum absolute atomic E-state index is 0.261. The van der Waals surface area contributed by atoms with Gasteiger partial charge < -0.3 is 15.0 Å². The van der Waals surface area contributed by atoms with Gasteiger partial charge >= 0.3 is 6.09 Å². The number of aromatic nitrogens is 1. The molecule has 118 valence electrons. The Hall–Kier alpha value is -2.30. The van der Waals surface area contributed by atoms with Gasteiger partial charge in [0.15, 0.2) is 0 Å². The van der Waals surface area contributed by atoms with Crippen molar-refractivity contribution >= 4 is 6.09 Å². The molecular formula is C17H21FN2O2. The van der Waals surface area contributed by atoms with Crippen molar-refractivity contribution in [2.45, 2.75) is 32.8 Å². The van der Waals surface area contributed by atoms with Crippen molar-refractivity contribution in [2.75, 3.05) is 6.54 Å². The Labute approximate surface area is 129 Å². The maximum Gasteiger partial charge on any atom is 0.407 e. The van der Waals surface area contributed by atoms with Crippen LogP contribution in [0.4, 0.5) is 9.18 Å². The molecule has 0 saturated carbocycles. The van der Waals surface area contributed by atoms with E-state index in [9.17, 15) is 9.18 Å². The summed E-state index contributed by atoms with van der Waals surface area (Å²) in [6.45, 7) is 5.92. The Morgan fingerprint density at radius 2 is 2.05 bits per heavy atom. The molecule has 1 heterocycles. The number of H-pyrrole nitrogens is 1. The summed E-state index contributed by atoms with van der Waals surface area (Å²) < 4.78 is 18.9. The maximum atomic E-state index is 13.7. The molecule has 0 saturated heterocycles. The summed E-state index contributed by atoms with van der Waals surface area (Å²) in [7, 11) is 0. The van der Waals surface area contributed by atoms with Gasteiger partial charge in [0, 0.05) is 24.0 Å². The zero-order chi connectivity index (χ0) is 16.2. The molecule has 0 aliphatic rings. The topological polar surface area (TPSA) is 54.1 Å². The molecule has 0 bridgehead atoms. The van der Waals surface area contributed by atoms with Crippen molar-refractivity contribution in [2.24, 2.45) is 0 Å². The Kier molecular flexibility index (Phi) is 4.85. The fraction of sp³-hybridized carbons (Fsp3) is 0.353. The van der Waals surface area contributed by atoms with Crippen LogP contribution in [0.1, 0.15) is 26.3 Å². The van der Waals surface area contributed by atoms with E-state index in [1.54, 1.807) is 18.2 Å². The van der Waals surface area contributed by atoms with E-state index in [2.05, 4.69) is 10.3 Å². The molecule has 5 heteroatoms. The van der Waals surface area contributed by atoms with Crippen LogP contribution in [0.15, 0.2) is 36.5 Å². The average molecular weight is 304 g/mol. The fourth-order valence-corrected chi connectivity index (χ4v) is 2.04. The Morgan fingerprint density at radius 1 is 1.32 bits per heavy atom. The second-order valence-corrected chi connectivity index (χ2v) is 6.08. The van der Waals surface area contributed by atoms with E-state index >= 15 is 0 Å². The van der Waals surface area contributed by atoms with Gasteiger partial charge in [-0.25, -0.2) is 9.18 Å². The number of hydrogen-bond acceptors (Lipinski definition) is 2. The third-order valence-electron chi connectivity index (χ3n) is 2.99. The summed E-state index contributed by atoms with van der Waals surface area (Å²) in [5.41, 5.74) is 1.75. The SMILES string of the molecule is CC(C)(C)OC(=O)NCCc1c[nH]c(-c2ccccc2F)c1. The fourth-order valence-electron chi connectivity index (χ4n) is 2.04. The monoisotopic (exact) mass is 304 g/mol. The highest BCUT2D eigenvalue weighted by Gasteiger charge is 2.15. The van der Waals surface area contributed by atoms with Crippen molar-refractivity contribution in [1.82, 2.24) is 10.3 Å². The first-order chi connectivity index (χ1) is 10.3. The Balaban J connectivity index is 1.88. The summed E-state index contributed by atoms with van der Waals surface area (Å²) in [5.74, 6) is -0.261. The van der Waals surface area contributed by atoms with Crippen LogP contribution < -0.4 is 5.32 Å². The van der Waals surface area contributed by atoms with Gasteiger partial charge in [-0.05, 0) is 51.0 Å². The lowest BCUT2D eigenvalue weighted by Crippen LogP contribution is -2.33. The largest absolute Gasteiger partial charge is 0.444 e. The summed E-state index contributed by atoms with van der Waals surface area (Å²) >= 11 is 0. The molecule has 0 aliphatic heterocycles. The molecule has 0 spiro atoms. The number of benzene rings is 1. The highest BCUT2D eigenvalue weighted by Crippen LogP contribution is 2.22. The lowest BCUT2D eigenvalue weighted by Gasteiger charge is -2.19. The van der Waals surface area contributed by atoms with Gasteiger partial charge in [0.25, 0.3) is 0 Å². The number of aromatic amines is 1. The molecule has 2 rings (SSSR count). The molecule has 1 aromatic heterocycles. The molecule has 0 atom stereocenters. The smallest absolute Gasteiger partial charge is 0.407 e. The predicted molar refractivity (Wildman–Crippen MR) is 84.1 cm³/mol. The number of halogens is 1. The molecule has 22 heavy (non-hydrogen) atoms. The molecule has 0 fully saturated rings. The zero-order valence-corrected chi connectivity index (χ0v) is 13.1. The Morgan fingerprint density at radius 3 is 2.73 bits per heavy atom. The van der Waals surface area contributed by atoms with Crippen LogP contribution in [0.5, 0.6) is 0 Å². The standard InChI is InChI=1S/C17H21FN2O2/c1-17(2,3)22-16(21)19-9-8-12-10-15(20-11-12)13-6-4-5-7-14(13)18/h4-7,10-11,20H,8-9H2,1-3H3,(H,19,21). The number of nitrogens with one attached hydrogen (secondary N) is 2. The lowest BCUT2D eigenvalue weighted by atomic mass is 10.1. The van der Waals surface area contributed by atoms with Gasteiger partial charge in [-0.15, -0.1) is 0 Å². The molecular weight excluding hydrogens is 283 g/mol. The number of hydrogen-bond donors (Lipinski definition) is 2. The van der Waals surface area contributed by atoms with Crippen LogP contribution in [0.25, 0.3) is 11.3 Å². The van der Waals surface area contributed by atoms with Gasteiger partial charge in [0.05, 0.1) is 0 Å². The van der Waals surface area contributed by atoms with E-state index < -0.39 is 11.7 Å². The average Bonchev–Trinajstić information content (AvgIpc) is 2.85. The maximum absolute atomic E-state index is 13.7. The van der Waals surface area contributed by atoms with E-state index in [1.807, 2.05) is 33.0 Å². The van der Waals surface area contributed by atoms with Gasteiger partial charge in [-0.1, -0.05) is 12.1 Å². The van der Waals surface area contributed by atoms with Crippen molar-refractivity contribution in [1.29, 1.82) is 0 Å². The highest BCUT2D eigenvalue weighted by atomic mass is 19.1. The van der Waals surface area contributed by atoms with Crippen LogP contribution in [0.2, 0.25) is 0 Å². The zero-order valence-electron chi connectivity index (χ0n) is 13.1. The first-order valence-electron chi connectivity index (χ1n) is 7.24. The van der Waals surface area contributed by atoms with Crippen molar-refractivity contribution < 1.29 is 13.9 Å². The molecule has 1 aromatic carbocycles. The van der Waals surface area contributed by atoms with Crippen LogP contribution in [0, 0.1) is 5.82 Å². The summed E-state index contributed by atoms with van der Waals surface area (Å²) in [4.78, 5) is 14.6. The third-order valence-corrected chi connectivity index (χ3v) is 2.99. The molecule has 0 unspecified atom stereocenters. The molecule has 1 amide bonds. The van der Waals surface area contributed by atoms with E-state index in [0.717, 1.165) is 11.3 Å². The molecule has 0 radical (unpaired) electrons. The number of amides is 1. The quantitative estimate of drug-likeness (QED) is 0.900. The number of rotatable bonds is 4. The molecule has 4 nitrogen and oxygen atoms in total. The normalized spacial score (nSPS) is 11.3. The van der Waals surface area contributed by atoms with Gasteiger partial charge in [0.1, 0.15) is 11.4 Å².